The second kappa shape index (κ2) is 6.14. The molecule has 0 radical (unpaired) electrons. The molecule has 19 heavy (non-hydrogen) atoms. The largest absolute Gasteiger partial charge is 0.444 e. The number of hydrogen-bond acceptors (Lipinski definition) is 5. The van der Waals surface area contributed by atoms with E-state index in [2.05, 4.69) is 0 Å². The van der Waals surface area contributed by atoms with E-state index in [0.717, 1.165) is 0 Å². The van der Waals surface area contributed by atoms with Crippen LogP contribution in [0.25, 0.3) is 0 Å². The summed E-state index contributed by atoms with van der Waals surface area (Å²) in [5.41, 5.74) is -0.593. The third-order valence-corrected chi connectivity index (χ3v) is 2.67. The van der Waals surface area contributed by atoms with Crippen LogP contribution in [0.1, 0.15) is 34.1 Å². The fourth-order valence-corrected chi connectivity index (χ4v) is 1.74. The van der Waals surface area contributed by atoms with Crippen LogP contribution in [0.2, 0.25) is 0 Å². The van der Waals surface area contributed by atoms with Crippen LogP contribution >= 0.6 is 0 Å². The highest BCUT2D eigenvalue weighted by atomic mass is 16.6. The number of carbonyl (C=O) groups excluding carboxylic acids is 3. The van der Waals surface area contributed by atoms with E-state index < -0.39 is 29.3 Å². The monoisotopic (exact) mass is 271 g/mol. The Kier molecular flexibility index (Phi) is 5.05. The fourth-order valence-electron chi connectivity index (χ4n) is 1.74. The van der Waals surface area contributed by atoms with Gasteiger partial charge in [0.05, 0.1) is 19.3 Å². The molecule has 6 nitrogen and oxygen atoms in total. The van der Waals surface area contributed by atoms with Gasteiger partial charge in [0.25, 0.3) is 0 Å². The Hall–Kier alpha value is -1.43. The van der Waals surface area contributed by atoms with Gasteiger partial charge in [0.2, 0.25) is 0 Å². The second-order valence-electron chi connectivity index (χ2n) is 5.59. The number of hydrogen-bond donors (Lipinski definition) is 0. The van der Waals surface area contributed by atoms with Crippen molar-refractivity contribution in [1.29, 1.82) is 0 Å². The van der Waals surface area contributed by atoms with Crippen molar-refractivity contribution >= 4 is 17.7 Å². The van der Waals surface area contributed by atoms with E-state index >= 15 is 0 Å². The molecular formula is C13H21NO5. The van der Waals surface area contributed by atoms with Crippen LogP contribution < -0.4 is 0 Å². The summed E-state index contributed by atoms with van der Waals surface area (Å²) < 4.78 is 10.5. The lowest BCUT2D eigenvalue weighted by Crippen LogP contribution is -2.51. The highest BCUT2D eigenvalue weighted by molar-refractivity contribution is 6.36. The van der Waals surface area contributed by atoms with E-state index in [1.54, 1.807) is 20.8 Å². The summed E-state index contributed by atoms with van der Waals surface area (Å²) in [6, 6.07) is -0.431. The van der Waals surface area contributed by atoms with E-state index in [0.29, 0.717) is 13.2 Å². The van der Waals surface area contributed by atoms with Crippen LogP contribution in [0.4, 0.5) is 4.79 Å². The molecule has 1 unspecified atom stereocenters. The lowest BCUT2D eigenvalue weighted by molar-refractivity contribution is -0.137. The number of rotatable bonds is 3. The summed E-state index contributed by atoms with van der Waals surface area (Å²) >= 11 is 0. The van der Waals surface area contributed by atoms with Gasteiger partial charge in [-0.05, 0) is 20.8 Å². The first kappa shape index (κ1) is 15.6. The van der Waals surface area contributed by atoms with Crippen molar-refractivity contribution in [1.82, 2.24) is 4.90 Å². The molecule has 108 valence electrons. The number of nitrogens with zero attached hydrogens (tertiary/aromatic N) is 1. The number of carbonyl (C=O) groups is 3. The summed E-state index contributed by atoms with van der Waals surface area (Å²) in [7, 11) is 0. The van der Waals surface area contributed by atoms with Crippen LogP contribution in [0, 0.1) is 0 Å². The van der Waals surface area contributed by atoms with E-state index in [1.807, 2.05) is 0 Å². The van der Waals surface area contributed by atoms with Gasteiger partial charge in [0.15, 0.2) is 11.6 Å². The van der Waals surface area contributed by atoms with E-state index in [4.69, 9.17) is 9.47 Å². The Morgan fingerprint density at radius 2 is 1.95 bits per heavy atom. The molecule has 1 aliphatic heterocycles. The maximum Gasteiger partial charge on any atom is 0.410 e. The zero-order valence-electron chi connectivity index (χ0n) is 11.9. The smallest absolute Gasteiger partial charge is 0.410 e. The molecule has 0 saturated carbocycles. The van der Waals surface area contributed by atoms with Gasteiger partial charge in [0, 0.05) is 19.9 Å². The normalized spacial score (nSPS) is 20.0. The van der Waals surface area contributed by atoms with Gasteiger partial charge in [-0.25, -0.2) is 4.79 Å². The molecule has 0 aromatic carbocycles. The Morgan fingerprint density at radius 3 is 2.47 bits per heavy atom. The first-order valence-corrected chi connectivity index (χ1v) is 6.32. The zero-order chi connectivity index (χ0) is 14.6. The summed E-state index contributed by atoms with van der Waals surface area (Å²) in [5.74, 6) is -1.00. The molecule has 1 amide bonds. The second-order valence-corrected chi connectivity index (χ2v) is 5.59. The van der Waals surface area contributed by atoms with E-state index in [-0.39, 0.29) is 13.0 Å². The molecule has 1 atom stereocenters. The van der Waals surface area contributed by atoms with Crippen LogP contribution in [0.5, 0.6) is 0 Å². The average molecular weight is 271 g/mol. The molecule has 1 heterocycles. The molecule has 0 aromatic rings. The van der Waals surface area contributed by atoms with Crippen LogP contribution in [-0.2, 0) is 19.1 Å². The fraction of sp³-hybridized carbons (Fsp3) is 0.769. The minimum atomic E-state index is -0.593. The van der Waals surface area contributed by atoms with Gasteiger partial charge < -0.3 is 14.4 Å². The summed E-state index contributed by atoms with van der Waals surface area (Å²) in [6.07, 6.45) is -0.494. The third-order valence-electron chi connectivity index (χ3n) is 2.67. The third kappa shape index (κ3) is 4.98. The van der Waals surface area contributed by atoms with Gasteiger partial charge in [-0.3, -0.25) is 9.59 Å². The molecule has 1 aliphatic rings. The van der Waals surface area contributed by atoms with Crippen molar-refractivity contribution in [3.8, 4) is 0 Å². The quantitative estimate of drug-likeness (QED) is 0.720. The van der Waals surface area contributed by atoms with Crippen molar-refractivity contribution in [3.63, 3.8) is 0 Å². The average Bonchev–Trinajstić information content (AvgIpc) is 2.27. The number of ketones is 2. The summed E-state index contributed by atoms with van der Waals surface area (Å²) in [5, 5.41) is 0. The van der Waals surface area contributed by atoms with Crippen LogP contribution in [0.3, 0.4) is 0 Å². The molecule has 0 aliphatic carbocycles. The minimum absolute atomic E-state index is 0.0193. The van der Waals surface area contributed by atoms with Crippen LogP contribution in [-0.4, -0.2) is 54.0 Å². The van der Waals surface area contributed by atoms with Gasteiger partial charge >= 0.3 is 6.09 Å². The molecule has 0 N–H and O–H groups in total. The first-order valence-electron chi connectivity index (χ1n) is 6.32. The molecule has 0 aromatic heterocycles. The number of ether oxygens (including phenoxy) is 2. The van der Waals surface area contributed by atoms with Crippen molar-refractivity contribution in [2.75, 3.05) is 19.8 Å². The molecule has 1 rings (SSSR count). The molecule has 6 heteroatoms. The van der Waals surface area contributed by atoms with Crippen molar-refractivity contribution < 1.29 is 23.9 Å². The summed E-state index contributed by atoms with van der Waals surface area (Å²) in [4.78, 5) is 36.0. The SMILES string of the molecule is CC(=O)C(=O)CC1COCCN1C(=O)OC(C)(C)C. The predicted molar refractivity (Wildman–Crippen MR) is 67.9 cm³/mol. The standard InChI is InChI=1S/C13H21NO5/c1-9(15)11(16)7-10-8-18-6-5-14(10)12(17)19-13(2,3)4/h10H,5-8H2,1-4H3. The predicted octanol–water partition coefficient (Wildman–Crippen LogP) is 1.17. The van der Waals surface area contributed by atoms with Crippen molar-refractivity contribution in [3.05, 3.63) is 0 Å². The topological polar surface area (TPSA) is 72.9 Å². The highest BCUT2D eigenvalue weighted by Crippen LogP contribution is 2.16. The maximum atomic E-state index is 12.0. The van der Waals surface area contributed by atoms with Gasteiger partial charge in [0.1, 0.15) is 5.60 Å². The van der Waals surface area contributed by atoms with Crippen molar-refractivity contribution in [2.24, 2.45) is 0 Å². The molecule has 1 saturated heterocycles. The van der Waals surface area contributed by atoms with E-state index in [9.17, 15) is 14.4 Å². The van der Waals surface area contributed by atoms with Crippen LogP contribution in [0.15, 0.2) is 0 Å². The van der Waals surface area contributed by atoms with Gasteiger partial charge in [-0.1, -0.05) is 0 Å². The number of morpholine rings is 1. The number of amides is 1. The van der Waals surface area contributed by atoms with Crippen molar-refractivity contribution in [2.45, 2.75) is 45.8 Å². The number of Topliss-reactive ketones (excluding diaryl/α,β-unsaturated/α-hetero) is 2. The first-order chi connectivity index (χ1) is 8.70. The Labute approximate surface area is 113 Å². The summed E-state index contributed by atoms with van der Waals surface area (Å²) in [6.45, 7) is 7.58. The Balaban J connectivity index is 2.69. The highest BCUT2D eigenvalue weighted by Gasteiger charge is 2.32. The minimum Gasteiger partial charge on any atom is -0.444 e. The molecule has 1 fully saturated rings. The lowest BCUT2D eigenvalue weighted by atomic mass is 10.1. The van der Waals surface area contributed by atoms with Gasteiger partial charge in [-0.2, -0.15) is 0 Å². The molecule has 0 spiro atoms. The van der Waals surface area contributed by atoms with Gasteiger partial charge in [-0.15, -0.1) is 0 Å². The molecule has 0 bridgehead atoms. The molecular weight excluding hydrogens is 250 g/mol. The van der Waals surface area contributed by atoms with E-state index in [1.165, 1.54) is 11.8 Å². The lowest BCUT2D eigenvalue weighted by Gasteiger charge is -2.36. The Morgan fingerprint density at radius 1 is 1.32 bits per heavy atom. The maximum absolute atomic E-state index is 12.0. The zero-order valence-corrected chi connectivity index (χ0v) is 11.9. The Bertz CT molecular complexity index is 372.